The van der Waals surface area contributed by atoms with Gasteiger partial charge in [-0.1, -0.05) is 66.2 Å². The Bertz CT molecular complexity index is 1140. The molecule has 0 fully saturated rings. The van der Waals surface area contributed by atoms with Crippen LogP contribution in [-0.2, 0) is 11.4 Å². The van der Waals surface area contributed by atoms with Gasteiger partial charge >= 0.3 is 0 Å². The Hall–Kier alpha value is -3.50. The first-order valence-corrected chi connectivity index (χ1v) is 9.93. The molecule has 4 rings (SSSR count). The lowest BCUT2D eigenvalue weighted by molar-refractivity contribution is -0.118. The molecule has 150 valence electrons. The zero-order chi connectivity index (χ0) is 20.8. The molecule has 0 spiro atoms. The molecule has 4 nitrogen and oxygen atoms in total. The third-order valence-corrected chi connectivity index (χ3v) is 4.91. The summed E-state index contributed by atoms with van der Waals surface area (Å²) in [6, 6.07) is 28.4. The van der Waals surface area contributed by atoms with E-state index >= 15 is 0 Å². The standard InChI is InChI=1S/C25H20ClNO3/c26-23-14-15-24(22-9-5-4-8-21(22)23)30-17-25(28)27-19-10-12-20(13-11-19)29-16-18-6-2-1-3-7-18/h1-15H,16-17H2,(H,27,28). The maximum atomic E-state index is 12.3. The predicted octanol–water partition coefficient (Wildman–Crippen LogP) is 6.09. The number of halogens is 1. The summed E-state index contributed by atoms with van der Waals surface area (Å²) in [6.45, 7) is 0.396. The fourth-order valence-corrected chi connectivity index (χ4v) is 3.30. The number of benzene rings is 4. The van der Waals surface area contributed by atoms with E-state index in [2.05, 4.69) is 5.32 Å². The molecule has 4 aromatic carbocycles. The topological polar surface area (TPSA) is 47.6 Å². The summed E-state index contributed by atoms with van der Waals surface area (Å²) in [4.78, 5) is 12.3. The average molecular weight is 418 g/mol. The van der Waals surface area contributed by atoms with E-state index in [9.17, 15) is 4.79 Å². The summed E-state index contributed by atoms with van der Waals surface area (Å²) >= 11 is 6.22. The minimum atomic E-state index is -0.244. The van der Waals surface area contributed by atoms with Crippen LogP contribution >= 0.6 is 11.6 Å². The minimum Gasteiger partial charge on any atom is -0.489 e. The van der Waals surface area contributed by atoms with Gasteiger partial charge < -0.3 is 14.8 Å². The zero-order valence-electron chi connectivity index (χ0n) is 16.2. The Kier molecular flexibility index (Phi) is 6.16. The first kappa shape index (κ1) is 19.8. The molecule has 0 saturated carbocycles. The highest BCUT2D eigenvalue weighted by Gasteiger charge is 2.08. The summed E-state index contributed by atoms with van der Waals surface area (Å²) in [5.41, 5.74) is 1.78. The van der Waals surface area contributed by atoms with Gasteiger partial charge in [-0.2, -0.15) is 0 Å². The second-order valence-corrected chi connectivity index (χ2v) is 7.13. The number of nitrogens with one attached hydrogen (secondary N) is 1. The molecule has 0 heterocycles. The van der Waals surface area contributed by atoms with E-state index in [0.29, 0.717) is 23.1 Å². The smallest absolute Gasteiger partial charge is 0.262 e. The van der Waals surface area contributed by atoms with E-state index in [1.165, 1.54) is 0 Å². The third kappa shape index (κ3) is 4.91. The van der Waals surface area contributed by atoms with E-state index in [1.807, 2.05) is 66.7 Å². The van der Waals surface area contributed by atoms with Crippen LogP contribution in [0.1, 0.15) is 5.56 Å². The van der Waals surface area contributed by atoms with Crippen LogP contribution in [0.5, 0.6) is 11.5 Å². The minimum absolute atomic E-state index is 0.0993. The first-order valence-electron chi connectivity index (χ1n) is 9.56. The molecule has 0 saturated heterocycles. The van der Waals surface area contributed by atoms with Gasteiger partial charge in [0.2, 0.25) is 0 Å². The van der Waals surface area contributed by atoms with Gasteiger partial charge in [-0.3, -0.25) is 4.79 Å². The molecule has 1 N–H and O–H groups in total. The number of carbonyl (C=O) groups excluding carboxylic acids is 1. The number of hydrogen-bond donors (Lipinski definition) is 1. The van der Waals surface area contributed by atoms with Crippen molar-refractivity contribution in [1.29, 1.82) is 0 Å². The lowest BCUT2D eigenvalue weighted by Crippen LogP contribution is -2.20. The number of fused-ring (bicyclic) bond motifs is 1. The van der Waals surface area contributed by atoms with Gasteiger partial charge in [0.25, 0.3) is 5.91 Å². The first-order chi connectivity index (χ1) is 14.7. The van der Waals surface area contributed by atoms with E-state index in [0.717, 1.165) is 22.1 Å². The van der Waals surface area contributed by atoms with Crippen LogP contribution in [0.2, 0.25) is 5.02 Å². The van der Waals surface area contributed by atoms with Crippen molar-refractivity contribution < 1.29 is 14.3 Å². The Balaban J connectivity index is 1.32. The van der Waals surface area contributed by atoms with Gasteiger partial charge in [-0.05, 0) is 42.0 Å². The van der Waals surface area contributed by atoms with Crippen molar-refractivity contribution >= 4 is 34.0 Å². The van der Waals surface area contributed by atoms with Gasteiger partial charge in [-0.15, -0.1) is 0 Å². The van der Waals surface area contributed by atoms with Gasteiger partial charge in [-0.25, -0.2) is 0 Å². The molecule has 0 aliphatic rings. The highest BCUT2D eigenvalue weighted by molar-refractivity contribution is 6.35. The zero-order valence-corrected chi connectivity index (χ0v) is 16.9. The molecule has 30 heavy (non-hydrogen) atoms. The number of ether oxygens (including phenoxy) is 2. The highest BCUT2D eigenvalue weighted by atomic mass is 35.5. The van der Waals surface area contributed by atoms with Crippen LogP contribution < -0.4 is 14.8 Å². The van der Waals surface area contributed by atoms with Gasteiger partial charge in [0.05, 0.1) is 0 Å². The Labute approximate surface area is 180 Å². The monoisotopic (exact) mass is 417 g/mol. The van der Waals surface area contributed by atoms with Gasteiger partial charge in [0, 0.05) is 21.5 Å². The van der Waals surface area contributed by atoms with Crippen LogP contribution in [0.3, 0.4) is 0 Å². The molecular weight excluding hydrogens is 398 g/mol. The number of hydrogen-bond acceptors (Lipinski definition) is 3. The Morgan fingerprint density at radius 2 is 1.47 bits per heavy atom. The molecular formula is C25H20ClNO3. The predicted molar refractivity (Wildman–Crippen MR) is 120 cm³/mol. The van der Waals surface area contributed by atoms with Crippen LogP contribution in [0.4, 0.5) is 5.69 Å². The van der Waals surface area contributed by atoms with E-state index in [1.54, 1.807) is 24.3 Å². The third-order valence-electron chi connectivity index (χ3n) is 4.58. The Morgan fingerprint density at radius 1 is 0.767 bits per heavy atom. The number of anilines is 1. The molecule has 0 bridgehead atoms. The number of carbonyl (C=O) groups is 1. The molecule has 0 radical (unpaired) electrons. The van der Waals surface area contributed by atoms with E-state index in [-0.39, 0.29) is 12.5 Å². The van der Waals surface area contributed by atoms with Crippen molar-refractivity contribution in [1.82, 2.24) is 0 Å². The summed E-state index contributed by atoms with van der Waals surface area (Å²) in [7, 11) is 0. The normalized spacial score (nSPS) is 10.6. The molecule has 0 unspecified atom stereocenters. The van der Waals surface area contributed by atoms with Crippen LogP contribution in [-0.4, -0.2) is 12.5 Å². The summed E-state index contributed by atoms with van der Waals surface area (Å²) in [6.07, 6.45) is 0. The van der Waals surface area contributed by atoms with Crippen LogP contribution in [0.25, 0.3) is 10.8 Å². The maximum Gasteiger partial charge on any atom is 0.262 e. The van der Waals surface area contributed by atoms with Gasteiger partial charge in [0.1, 0.15) is 18.1 Å². The van der Waals surface area contributed by atoms with Crippen molar-refractivity contribution in [2.45, 2.75) is 6.61 Å². The molecule has 0 aliphatic heterocycles. The van der Waals surface area contributed by atoms with Crippen molar-refractivity contribution in [2.75, 3.05) is 11.9 Å². The molecule has 0 aliphatic carbocycles. The fraction of sp³-hybridized carbons (Fsp3) is 0.0800. The largest absolute Gasteiger partial charge is 0.489 e. The SMILES string of the molecule is O=C(COc1ccc(Cl)c2ccccc12)Nc1ccc(OCc2ccccc2)cc1. The average Bonchev–Trinajstić information content (AvgIpc) is 2.79. The second-order valence-electron chi connectivity index (χ2n) is 6.73. The van der Waals surface area contributed by atoms with Crippen molar-refractivity contribution in [3.05, 3.63) is 102 Å². The lowest BCUT2D eigenvalue weighted by atomic mass is 10.1. The molecule has 4 aromatic rings. The van der Waals surface area contributed by atoms with Gasteiger partial charge in [0.15, 0.2) is 6.61 Å². The van der Waals surface area contributed by atoms with Crippen molar-refractivity contribution in [3.8, 4) is 11.5 Å². The molecule has 5 heteroatoms. The summed E-state index contributed by atoms with van der Waals surface area (Å²) in [5, 5.41) is 5.24. The van der Waals surface area contributed by atoms with Crippen LogP contribution in [0, 0.1) is 0 Å². The van der Waals surface area contributed by atoms with Crippen LogP contribution in [0.15, 0.2) is 91.0 Å². The number of rotatable bonds is 7. The fourth-order valence-electron chi connectivity index (χ4n) is 3.08. The quantitative estimate of drug-likeness (QED) is 0.396. The van der Waals surface area contributed by atoms with E-state index in [4.69, 9.17) is 21.1 Å². The van der Waals surface area contributed by atoms with E-state index < -0.39 is 0 Å². The summed E-state index contributed by atoms with van der Waals surface area (Å²) in [5.74, 6) is 1.11. The van der Waals surface area contributed by atoms with Crippen molar-refractivity contribution in [3.63, 3.8) is 0 Å². The molecule has 0 aromatic heterocycles. The summed E-state index contributed by atoms with van der Waals surface area (Å²) < 4.78 is 11.5. The molecule has 1 amide bonds. The second kappa shape index (κ2) is 9.33. The Morgan fingerprint density at radius 3 is 2.23 bits per heavy atom. The maximum absolute atomic E-state index is 12.3. The van der Waals surface area contributed by atoms with Crippen molar-refractivity contribution in [2.24, 2.45) is 0 Å². The lowest BCUT2D eigenvalue weighted by Gasteiger charge is -2.11. The number of amides is 1. The molecule has 0 atom stereocenters. The highest BCUT2D eigenvalue weighted by Crippen LogP contribution is 2.31.